The Kier molecular flexibility index (Phi) is 953. The Hall–Kier alpha value is 1.44. The molecule has 0 N–H and O–H groups in total. The molecule has 0 atom stereocenters. The topological polar surface area (TPSA) is 91.5 Å². The summed E-state index contributed by atoms with van der Waals surface area (Å²) >= 11 is 0. The normalized spacial score (nSPS) is 0. The molecule has 0 saturated carbocycles. The summed E-state index contributed by atoms with van der Waals surface area (Å²) in [6.45, 7) is 0. The monoisotopic (exact) mass is 341 g/mol. The summed E-state index contributed by atoms with van der Waals surface area (Å²) in [6, 6.07) is 0. The standard InChI is InChI=1S/In.3N.W/q+3;3*-3;+6. The van der Waals surface area contributed by atoms with Gasteiger partial charge in [-0.1, -0.05) is 0 Å². The first-order valence-electron chi connectivity index (χ1n) is 0. The van der Waals surface area contributed by atoms with Crippen LogP contribution in [0.5, 0.6) is 0 Å². The predicted molar refractivity (Wildman–Crippen MR) is 15.8 cm³/mol. The van der Waals surface area contributed by atoms with Gasteiger partial charge in [-0.3, -0.25) is 0 Å². The molecule has 0 rings (SSSR count). The Morgan fingerprint density at radius 2 is 0.600 bits per heavy atom. The molecule has 0 unspecified atom stereocenters. The van der Waals surface area contributed by atoms with Crippen molar-refractivity contribution >= 4 is 25.8 Å². The van der Waals surface area contributed by atoms with Crippen LogP contribution in [0.15, 0.2) is 0 Å². The summed E-state index contributed by atoms with van der Waals surface area (Å²) in [5.74, 6) is 0. The van der Waals surface area contributed by atoms with Crippen LogP contribution in [0, 0.1) is 0 Å². The van der Waals surface area contributed by atoms with Gasteiger partial charge >= 0.3 is 46.9 Å². The fourth-order valence-electron chi connectivity index (χ4n) is 0. The van der Waals surface area contributed by atoms with E-state index in [1.165, 1.54) is 0 Å². The van der Waals surface area contributed by atoms with Crippen molar-refractivity contribution in [3.63, 3.8) is 0 Å². The van der Waals surface area contributed by atoms with Crippen LogP contribution in [0.2, 0.25) is 0 Å². The van der Waals surface area contributed by atoms with Gasteiger partial charge in [0.25, 0.3) is 0 Å². The molecule has 0 bridgehead atoms. The Labute approximate surface area is 65.1 Å². The molecule has 0 aliphatic carbocycles. The molecule has 0 heterocycles. The van der Waals surface area contributed by atoms with Gasteiger partial charge < -0.3 is 18.5 Å². The third-order valence-corrected chi connectivity index (χ3v) is 0. The largest absolute Gasteiger partial charge is 6.00 e. The van der Waals surface area contributed by atoms with Crippen molar-refractivity contribution in [3.05, 3.63) is 18.5 Å². The second-order valence-electron chi connectivity index (χ2n) is 0. The molecule has 3 nitrogen and oxygen atoms in total. The second kappa shape index (κ2) is 51.8. The van der Waals surface area contributed by atoms with Gasteiger partial charge in [-0.25, -0.2) is 0 Å². The summed E-state index contributed by atoms with van der Waals surface area (Å²) in [7, 11) is 0. The van der Waals surface area contributed by atoms with Crippen LogP contribution in [0.3, 0.4) is 0 Å². The van der Waals surface area contributed by atoms with Gasteiger partial charge in [0.1, 0.15) is 0 Å². The first-order chi connectivity index (χ1) is 0. The van der Waals surface area contributed by atoms with E-state index in [0.29, 0.717) is 0 Å². The van der Waals surface area contributed by atoms with Gasteiger partial charge in [-0.05, 0) is 0 Å². The Morgan fingerprint density at radius 3 is 0.600 bits per heavy atom. The van der Waals surface area contributed by atoms with Crippen molar-refractivity contribution < 1.29 is 21.1 Å². The van der Waals surface area contributed by atoms with Crippen molar-refractivity contribution in [2.75, 3.05) is 0 Å². The zero-order valence-corrected chi connectivity index (χ0v) is 8.56. The molecule has 5 heteroatoms. The molecule has 0 aliphatic heterocycles. The molecule has 0 spiro atoms. The minimum absolute atomic E-state index is 0. The molecule has 0 radical (unpaired) electrons. The van der Waals surface area contributed by atoms with Gasteiger partial charge in [0, 0.05) is 0 Å². The molecular weight excluding hydrogens is 341 g/mol. The van der Waals surface area contributed by atoms with Crippen LogP contribution >= 0.6 is 0 Å². The molecule has 0 aromatic heterocycles. The third kappa shape index (κ3) is 31.1. The quantitative estimate of drug-likeness (QED) is 0.614. The van der Waals surface area contributed by atoms with E-state index in [2.05, 4.69) is 0 Å². The van der Waals surface area contributed by atoms with Crippen LogP contribution in [-0.4, -0.2) is 25.8 Å². The molecular formula is InN3W. The second-order valence-corrected chi connectivity index (χ2v) is 0. The van der Waals surface area contributed by atoms with Crippen LogP contribution in [0.1, 0.15) is 0 Å². The van der Waals surface area contributed by atoms with Crippen molar-refractivity contribution in [3.8, 4) is 0 Å². The number of hydrogen-bond donors (Lipinski definition) is 0. The Morgan fingerprint density at radius 1 is 0.600 bits per heavy atom. The number of hydrogen-bond acceptors (Lipinski definition) is 0. The summed E-state index contributed by atoms with van der Waals surface area (Å²) in [4.78, 5) is 0. The van der Waals surface area contributed by atoms with Gasteiger partial charge in [0.05, 0.1) is 0 Å². The molecule has 5 heavy (non-hydrogen) atoms. The summed E-state index contributed by atoms with van der Waals surface area (Å²) in [6.07, 6.45) is 0. The smallest absolute Gasteiger partial charge is 3.00 e. The molecule has 0 aromatic carbocycles. The maximum atomic E-state index is 0. The van der Waals surface area contributed by atoms with Gasteiger partial charge in [0.15, 0.2) is 0 Å². The molecule has 0 saturated heterocycles. The summed E-state index contributed by atoms with van der Waals surface area (Å²) in [5.41, 5.74) is 0. The van der Waals surface area contributed by atoms with Crippen molar-refractivity contribution in [2.24, 2.45) is 0 Å². The first-order valence-corrected chi connectivity index (χ1v) is 0. The van der Waals surface area contributed by atoms with Gasteiger partial charge in [-0.2, -0.15) is 0 Å². The van der Waals surface area contributed by atoms with Crippen molar-refractivity contribution in [2.45, 2.75) is 0 Å². The average molecular weight is 341 g/mol. The third-order valence-electron chi connectivity index (χ3n) is 0. The minimum atomic E-state index is 0. The fourth-order valence-corrected chi connectivity index (χ4v) is 0. The zero-order valence-electron chi connectivity index (χ0n) is 2.33. The number of nitrogens with zero attached hydrogens (tertiary/aromatic N) is 3. The SMILES string of the molecule is [In+3].[N-3].[N-3].[N-3].[W+6]. The summed E-state index contributed by atoms with van der Waals surface area (Å²) < 4.78 is 0. The van der Waals surface area contributed by atoms with E-state index in [0.717, 1.165) is 0 Å². The van der Waals surface area contributed by atoms with Crippen LogP contribution < -0.4 is 0 Å². The van der Waals surface area contributed by atoms with E-state index in [9.17, 15) is 0 Å². The zero-order chi connectivity index (χ0) is 0. The maximum Gasteiger partial charge on any atom is 6.00 e. The molecule has 0 aromatic rings. The van der Waals surface area contributed by atoms with Crippen LogP contribution in [0.25, 0.3) is 18.5 Å². The fraction of sp³-hybridized carbons (Fsp3) is 0. The van der Waals surface area contributed by atoms with E-state index in [4.69, 9.17) is 0 Å². The average Bonchev–Trinajstić information content (AvgIpc) is 0. The van der Waals surface area contributed by atoms with E-state index in [1.54, 1.807) is 0 Å². The van der Waals surface area contributed by atoms with Crippen LogP contribution in [-0.2, 0) is 21.1 Å². The first kappa shape index (κ1) is 92.0. The maximum absolute atomic E-state index is 0. The van der Waals surface area contributed by atoms with Gasteiger partial charge in [0.2, 0.25) is 0 Å². The van der Waals surface area contributed by atoms with Crippen molar-refractivity contribution in [1.82, 2.24) is 0 Å². The Bertz CT molecular complexity index is 6.85. The van der Waals surface area contributed by atoms with Crippen LogP contribution in [0.4, 0.5) is 0 Å². The molecule has 0 aliphatic rings. The van der Waals surface area contributed by atoms with E-state index in [-0.39, 0.29) is 65.4 Å². The predicted octanol–water partition coefficient (Wildman–Crippen LogP) is 0.483. The summed E-state index contributed by atoms with van der Waals surface area (Å²) in [5, 5.41) is 0. The van der Waals surface area contributed by atoms with E-state index < -0.39 is 0 Å². The molecule has 24 valence electrons. The number of rotatable bonds is 0. The molecule has 0 fully saturated rings. The van der Waals surface area contributed by atoms with E-state index >= 15 is 0 Å². The minimum Gasteiger partial charge on any atom is -3.00 e. The Balaban J connectivity index is 0. The van der Waals surface area contributed by atoms with E-state index in [1.807, 2.05) is 0 Å². The van der Waals surface area contributed by atoms with Gasteiger partial charge in [-0.15, -0.1) is 0 Å². The van der Waals surface area contributed by atoms with Crippen molar-refractivity contribution in [1.29, 1.82) is 0 Å². The molecule has 0 amide bonds.